The highest BCUT2D eigenvalue weighted by Crippen LogP contribution is 2.23. The van der Waals surface area contributed by atoms with Crippen LogP contribution in [0.4, 0.5) is 0 Å². The van der Waals surface area contributed by atoms with E-state index < -0.39 is 0 Å². The first kappa shape index (κ1) is 11.9. The summed E-state index contributed by atoms with van der Waals surface area (Å²) in [5.74, 6) is 5.40. The first-order chi connectivity index (χ1) is 6.67. The number of hydrazine groups is 1. The Morgan fingerprint density at radius 2 is 2.29 bits per heavy atom. The lowest BCUT2D eigenvalue weighted by Gasteiger charge is -2.15. The third-order valence-corrected chi connectivity index (χ3v) is 2.50. The molecule has 78 valence electrons. The second-order valence-electron chi connectivity index (χ2n) is 2.88. The van der Waals surface area contributed by atoms with E-state index in [0.29, 0.717) is 11.6 Å². The lowest BCUT2D eigenvalue weighted by molar-refractivity contribution is 0.167. The summed E-state index contributed by atoms with van der Waals surface area (Å²) in [5.41, 5.74) is 3.66. The maximum absolute atomic E-state index is 5.91. The fourth-order valence-corrected chi connectivity index (χ4v) is 2.07. The Balaban J connectivity index is 2.91. The monoisotopic (exact) mass is 278 g/mol. The molecule has 3 N–H and O–H groups in total. The molecule has 5 heteroatoms. The molecule has 1 aromatic carbocycles. The van der Waals surface area contributed by atoms with Gasteiger partial charge in [0.05, 0.1) is 12.6 Å². The van der Waals surface area contributed by atoms with Crippen molar-refractivity contribution in [1.29, 1.82) is 0 Å². The van der Waals surface area contributed by atoms with Crippen molar-refractivity contribution in [3.05, 3.63) is 33.3 Å². The van der Waals surface area contributed by atoms with Gasteiger partial charge in [-0.1, -0.05) is 27.5 Å². The molecule has 0 aliphatic carbocycles. The van der Waals surface area contributed by atoms with E-state index in [2.05, 4.69) is 21.4 Å². The van der Waals surface area contributed by atoms with E-state index in [-0.39, 0.29) is 6.04 Å². The Labute approximate surface area is 96.7 Å². The summed E-state index contributed by atoms with van der Waals surface area (Å²) in [6.07, 6.45) is 0. The molecular weight excluding hydrogens is 267 g/mol. The molecule has 0 aliphatic heterocycles. The van der Waals surface area contributed by atoms with Crippen molar-refractivity contribution in [2.45, 2.75) is 6.04 Å². The minimum Gasteiger partial charge on any atom is -0.383 e. The predicted molar refractivity (Wildman–Crippen MR) is 61.1 cm³/mol. The van der Waals surface area contributed by atoms with Crippen LogP contribution in [0.25, 0.3) is 0 Å². The van der Waals surface area contributed by atoms with Gasteiger partial charge in [-0.25, -0.2) is 0 Å². The lowest BCUT2D eigenvalue weighted by atomic mass is 10.1. The standard InChI is InChI=1S/C9H12BrClN2O/c1-14-5-9(13-12)6-2-7(10)4-8(11)3-6/h2-4,9,13H,5,12H2,1H3. The number of halogens is 2. The van der Waals surface area contributed by atoms with E-state index in [1.165, 1.54) is 0 Å². The summed E-state index contributed by atoms with van der Waals surface area (Å²) >= 11 is 9.28. The van der Waals surface area contributed by atoms with E-state index in [4.69, 9.17) is 22.2 Å². The SMILES string of the molecule is COCC(NN)c1cc(Cl)cc(Br)c1. The Bertz CT molecular complexity index is 289. The summed E-state index contributed by atoms with van der Waals surface area (Å²) in [4.78, 5) is 0. The molecule has 1 aromatic rings. The predicted octanol–water partition coefficient (Wildman–Crippen LogP) is 2.25. The average Bonchev–Trinajstić information content (AvgIpc) is 2.12. The van der Waals surface area contributed by atoms with E-state index in [1.54, 1.807) is 7.11 Å². The van der Waals surface area contributed by atoms with Crippen molar-refractivity contribution in [2.24, 2.45) is 5.84 Å². The molecule has 0 bridgehead atoms. The fraction of sp³-hybridized carbons (Fsp3) is 0.333. The zero-order chi connectivity index (χ0) is 10.6. The summed E-state index contributed by atoms with van der Waals surface area (Å²) in [5, 5.41) is 0.672. The highest BCUT2D eigenvalue weighted by atomic mass is 79.9. The molecule has 0 saturated carbocycles. The van der Waals surface area contributed by atoms with Gasteiger partial charge in [-0.05, 0) is 23.8 Å². The summed E-state index contributed by atoms with van der Waals surface area (Å²) < 4.78 is 5.96. The van der Waals surface area contributed by atoms with E-state index in [9.17, 15) is 0 Å². The molecule has 14 heavy (non-hydrogen) atoms. The van der Waals surface area contributed by atoms with Gasteiger partial charge in [-0.15, -0.1) is 0 Å². The maximum Gasteiger partial charge on any atom is 0.0694 e. The van der Waals surface area contributed by atoms with Crippen molar-refractivity contribution >= 4 is 27.5 Å². The zero-order valence-corrected chi connectivity index (χ0v) is 10.1. The molecule has 0 aliphatic rings. The molecule has 0 spiro atoms. The first-order valence-electron chi connectivity index (χ1n) is 4.08. The van der Waals surface area contributed by atoms with E-state index >= 15 is 0 Å². The molecule has 1 atom stereocenters. The number of hydrogen-bond donors (Lipinski definition) is 2. The van der Waals surface area contributed by atoms with E-state index in [0.717, 1.165) is 10.0 Å². The van der Waals surface area contributed by atoms with Gasteiger partial charge >= 0.3 is 0 Å². The molecule has 3 nitrogen and oxygen atoms in total. The van der Waals surface area contributed by atoms with Crippen molar-refractivity contribution in [2.75, 3.05) is 13.7 Å². The van der Waals surface area contributed by atoms with Gasteiger partial charge in [0.2, 0.25) is 0 Å². The van der Waals surface area contributed by atoms with E-state index in [1.807, 2.05) is 18.2 Å². The number of nitrogens with two attached hydrogens (primary N) is 1. The van der Waals surface area contributed by atoms with Crippen LogP contribution in [0.3, 0.4) is 0 Å². The van der Waals surface area contributed by atoms with Crippen LogP contribution < -0.4 is 11.3 Å². The second-order valence-corrected chi connectivity index (χ2v) is 4.23. The molecule has 1 unspecified atom stereocenters. The summed E-state index contributed by atoms with van der Waals surface area (Å²) in [7, 11) is 1.63. The van der Waals surface area contributed by atoms with Gasteiger partial charge in [0, 0.05) is 16.6 Å². The van der Waals surface area contributed by atoms with Crippen molar-refractivity contribution in [1.82, 2.24) is 5.43 Å². The Hall–Kier alpha value is -0.130. The fourth-order valence-electron chi connectivity index (χ4n) is 1.18. The first-order valence-corrected chi connectivity index (χ1v) is 5.25. The van der Waals surface area contributed by atoms with Crippen molar-refractivity contribution in [3.63, 3.8) is 0 Å². The van der Waals surface area contributed by atoms with Crippen LogP contribution in [0, 0.1) is 0 Å². The van der Waals surface area contributed by atoms with Crippen LogP contribution >= 0.6 is 27.5 Å². The van der Waals surface area contributed by atoms with Crippen LogP contribution in [0.5, 0.6) is 0 Å². The average molecular weight is 280 g/mol. The molecule has 0 saturated heterocycles. The van der Waals surface area contributed by atoms with Crippen LogP contribution in [0.15, 0.2) is 22.7 Å². The maximum atomic E-state index is 5.91. The number of nitrogens with one attached hydrogen (secondary N) is 1. The minimum atomic E-state index is -0.0463. The minimum absolute atomic E-state index is 0.0463. The third kappa shape index (κ3) is 3.22. The third-order valence-electron chi connectivity index (χ3n) is 1.82. The Morgan fingerprint density at radius 3 is 2.79 bits per heavy atom. The summed E-state index contributed by atoms with van der Waals surface area (Å²) in [6.45, 7) is 0.503. The molecule has 0 radical (unpaired) electrons. The number of methoxy groups -OCH3 is 1. The highest BCUT2D eigenvalue weighted by molar-refractivity contribution is 9.10. The van der Waals surface area contributed by atoms with Gasteiger partial charge < -0.3 is 4.74 Å². The van der Waals surface area contributed by atoms with Crippen LogP contribution in [0.2, 0.25) is 5.02 Å². The molecular formula is C9H12BrClN2O. The Morgan fingerprint density at radius 1 is 1.57 bits per heavy atom. The van der Waals surface area contributed by atoms with Gasteiger partial charge in [-0.3, -0.25) is 11.3 Å². The smallest absolute Gasteiger partial charge is 0.0694 e. The number of ether oxygens (including phenoxy) is 1. The molecule has 0 heterocycles. The lowest BCUT2D eigenvalue weighted by Crippen LogP contribution is -2.31. The van der Waals surface area contributed by atoms with Gasteiger partial charge in [0.25, 0.3) is 0 Å². The largest absolute Gasteiger partial charge is 0.383 e. The molecule has 0 amide bonds. The van der Waals surface area contributed by atoms with Gasteiger partial charge in [0.15, 0.2) is 0 Å². The van der Waals surface area contributed by atoms with Gasteiger partial charge in [-0.2, -0.15) is 0 Å². The normalized spacial score (nSPS) is 12.9. The van der Waals surface area contributed by atoms with Gasteiger partial charge in [0.1, 0.15) is 0 Å². The zero-order valence-electron chi connectivity index (χ0n) is 7.76. The van der Waals surface area contributed by atoms with Crippen LogP contribution in [0.1, 0.15) is 11.6 Å². The van der Waals surface area contributed by atoms with Crippen molar-refractivity contribution in [3.8, 4) is 0 Å². The van der Waals surface area contributed by atoms with Crippen LogP contribution in [-0.2, 0) is 4.74 Å². The van der Waals surface area contributed by atoms with Crippen molar-refractivity contribution < 1.29 is 4.74 Å². The quantitative estimate of drug-likeness (QED) is 0.656. The number of rotatable bonds is 4. The molecule has 0 fully saturated rings. The second kappa shape index (κ2) is 5.68. The summed E-state index contributed by atoms with van der Waals surface area (Å²) in [6, 6.07) is 5.59. The number of hydrogen-bond acceptors (Lipinski definition) is 3. The highest BCUT2D eigenvalue weighted by Gasteiger charge is 2.10. The number of benzene rings is 1. The molecule has 0 aromatic heterocycles. The molecule has 1 rings (SSSR count). The Kier molecular flexibility index (Phi) is 4.84. The van der Waals surface area contributed by atoms with Crippen LogP contribution in [-0.4, -0.2) is 13.7 Å². The topological polar surface area (TPSA) is 47.3 Å².